The molecule has 0 aliphatic carbocycles. The third-order valence-electron chi connectivity index (χ3n) is 1.71. The van der Waals surface area contributed by atoms with Gasteiger partial charge in [-0.2, -0.15) is 0 Å². The van der Waals surface area contributed by atoms with Crippen molar-refractivity contribution in [3.05, 3.63) is 18.2 Å². The highest BCUT2D eigenvalue weighted by Gasteiger charge is 2.07. The molecule has 0 spiro atoms. The Hall–Kier alpha value is -2.24. The number of hydrogen-bond donors (Lipinski definition) is 2. The van der Waals surface area contributed by atoms with E-state index in [4.69, 9.17) is 10.3 Å². The summed E-state index contributed by atoms with van der Waals surface area (Å²) in [6, 6.07) is 4.81. The van der Waals surface area contributed by atoms with Crippen LogP contribution >= 0.6 is 0 Å². The van der Waals surface area contributed by atoms with Gasteiger partial charge in [-0.15, -0.1) is 0 Å². The summed E-state index contributed by atoms with van der Waals surface area (Å²) in [4.78, 5) is 10.3. The lowest BCUT2D eigenvalue weighted by Crippen LogP contribution is -2.28. The fraction of sp³-hybridized carbons (Fsp3) is 0. The van der Waals surface area contributed by atoms with Gasteiger partial charge in [0.25, 0.3) is 0 Å². The van der Waals surface area contributed by atoms with Gasteiger partial charge in [0.2, 0.25) is 0 Å². The van der Waals surface area contributed by atoms with Crippen LogP contribution in [0.2, 0.25) is 0 Å². The lowest BCUT2D eigenvalue weighted by Gasteiger charge is -2.01. The predicted molar refractivity (Wildman–Crippen MR) is 47.4 cm³/mol. The van der Waals surface area contributed by atoms with Crippen molar-refractivity contribution < 1.29 is 14.4 Å². The zero-order chi connectivity index (χ0) is 10.1. The molecule has 0 aliphatic heterocycles. The van der Waals surface area contributed by atoms with Crippen molar-refractivity contribution >= 4 is 28.6 Å². The Balaban J connectivity index is 2.55. The number of anilines is 2. The number of fused-ring (bicyclic) bond motifs is 1. The van der Waals surface area contributed by atoms with Crippen LogP contribution in [0.4, 0.5) is 16.3 Å². The number of amides is 1. The van der Waals surface area contributed by atoms with Crippen LogP contribution in [-0.4, -0.2) is 11.2 Å². The number of nitrogens with two attached hydrogens (primary N) is 1. The Labute approximate surface area is 78.3 Å². The Morgan fingerprint density at radius 3 is 3.07 bits per heavy atom. The minimum Gasteiger partial charge on any atom is -0.530 e. The molecule has 72 valence electrons. The molecule has 14 heavy (non-hydrogen) atoms. The molecule has 2 aromatic rings. The third kappa shape index (κ3) is 1.33. The zero-order valence-corrected chi connectivity index (χ0v) is 6.98. The van der Waals surface area contributed by atoms with E-state index in [0.717, 1.165) is 0 Å². The molecule has 0 unspecified atom stereocenters. The molecule has 1 amide bonds. The SMILES string of the molecule is Nc1ccc2onc(NC(=O)[O-])c2c1. The summed E-state index contributed by atoms with van der Waals surface area (Å²) < 4.78 is 4.85. The first-order valence-electron chi connectivity index (χ1n) is 3.80. The van der Waals surface area contributed by atoms with E-state index in [1.54, 1.807) is 18.2 Å². The first-order valence-corrected chi connectivity index (χ1v) is 3.80. The van der Waals surface area contributed by atoms with E-state index in [9.17, 15) is 9.90 Å². The second kappa shape index (κ2) is 2.91. The number of hydrogen-bond acceptors (Lipinski definition) is 5. The molecule has 0 radical (unpaired) electrons. The number of carbonyl (C=O) groups excluding carboxylic acids is 1. The van der Waals surface area contributed by atoms with Crippen LogP contribution in [0.1, 0.15) is 0 Å². The maximum Gasteiger partial charge on any atom is 0.182 e. The maximum absolute atomic E-state index is 10.3. The molecule has 0 atom stereocenters. The Bertz CT molecular complexity index is 492. The van der Waals surface area contributed by atoms with E-state index >= 15 is 0 Å². The van der Waals surface area contributed by atoms with Crippen LogP contribution in [0.25, 0.3) is 11.0 Å². The van der Waals surface area contributed by atoms with E-state index < -0.39 is 6.09 Å². The van der Waals surface area contributed by atoms with E-state index in [1.807, 2.05) is 5.32 Å². The van der Waals surface area contributed by atoms with Crippen LogP contribution in [0.5, 0.6) is 0 Å². The van der Waals surface area contributed by atoms with E-state index in [2.05, 4.69) is 5.16 Å². The molecule has 1 aromatic carbocycles. The standard InChI is InChI=1S/C8H7N3O3/c9-4-1-2-6-5(3-4)7(11-14-6)10-8(12)13/h1-3H,9H2,(H,10,11)(H,12,13)/p-1. The van der Waals surface area contributed by atoms with Crippen molar-refractivity contribution in [2.24, 2.45) is 0 Å². The van der Waals surface area contributed by atoms with E-state index in [0.29, 0.717) is 16.7 Å². The molecule has 6 nitrogen and oxygen atoms in total. The van der Waals surface area contributed by atoms with Crippen molar-refractivity contribution in [2.75, 3.05) is 11.1 Å². The number of nitrogen functional groups attached to an aromatic ring is 1. The monoisotopic (exact) mass is 192 g/mol. The predicted octanol–water partition coefficient (Wildman–Crippen LogP) is 0.165. The molecule has 1 aromatic heterocycles. The minimum atomic E-state index is -1.44. The van der Waals surface area contributed by atoms with Crippen LogP contribution in [0.3, 0.4) is 0 Å². The smallest absolute Gasteiger partial charge is 0.182 e. The largest absolute Gasteiger partial charge is 0.530 e. The third-order valence-corrected chi connectivity index (χ3v) is 1.71. The fourth-order valence-corrected chi connectivity index (χ4v) is 1.14. The van der Waals surface area contributed by atoms with Gasteiger partial charge in [-0.3, -0.25) is 0 Å². The number of carbonyl (C=O) groups is 1. The normalized spacial score (nSPS) is 10.3. The molecular weight excluding hydrogens is 186 g/mol. The number of nitrogens with zero attached hydrogens (tertiary/aromatic N) is 1. The molecule has 0 saturated heterocycles. The molecule has 6 heteroatoms. The number of nitrogens with one attached hydrogen (secondary N) is 1. The van der Waals surface area contributed by atoms with Gasteiger partial charge >= 0.3 is 0 Å². The Morgan fingerprint density at radius 2 is 2.36 bits per heavy atom. The van der Waals surface area contributed by atoms with Crippen molar-refractivity contribution in [2.45, 2.75) is 0 Å². The molecule has 0 fully saturated rings. The molecule has 1 heterocycles. The van der Waals surface area contributed by atoms with Gasteiger partial charge in [0.05, 0.1) is 5.39 Å². The van der Waals surface area contributed by atoms with E-state index in [-0.39, 0.29) is 5.82 Å². The summed E-state index contributed by atoms with van der Waals surface area (Å²) in [6.07, 6.45) is -1.44. The molecule has 0 saturated carbocycles. The summed E-state index contributed by atoms with van der Waals surface area (Å²) >= 11 is 0. The number of aromatic nitrogens is 1. The van der Waals surface area contributed by atoms with Gasteiger partial charge in [0, 0.05) is 5.69 Å². The quantitative estimate of drug-likeness (QED) is 0.626. The van der Waals surface area contributed by atoms with Crippen LogP contribution in [-0.2, 0) is 0 Å². The highest BCUT2D eigenvalue weighted by Crippen LogP contribution is 2.24. The van der Waals surface area contributed by atoms with Crippen LogP contribution < -0.4 is 16.2 Å². The Kier molecular flexibility index (Phi) is 1.74. The summed E-state index contributed by atoms with van der Waals surface area (Å²) in [5, 5.41) is 16.3. The van der Waals surface area contributed by atoms with Crippen LogP contribution in [0, 0.1) is 0 Å². The second-order valence-corrected chi connectivity index (χ2v) is 2.70. The molecule has 0 aliphatic rings. The average Bonchev–Trinajstić information content (AvgIpc) is 2.47. The second-order valence-electron chi connectivity index (χ2n) is 2.70. The first-order chi connectivity index (χ1) is 6.66. The minimum absolute atomic E-state index is 0.0901. The summed E-state index contributed by atoms with van der Waals surface area (Å²) in [5.74, 6) is 0.0901. The summed E-state index contributed by atoms with van der Waals surface area (Å²) in [6.45, 7) is 0. The highest BCUT2D eigenvalue weighted by atomic mass is 16.5. The van der Waals surface area contributed by atoms with Crippen molar-refractivity contribution in [3.63, 3.8) is 0 Å². The first kappa shape index (κ1) is 8.36. The van der Waals surface area contributed by atoms with Gasteiger partial charge in [-0.1, -0.05) is 5.16 Å². The zero-order valence-electron chi connectivity index (χ0n) is 6.98. The van der Waals surface area contributed by atoms with Crippen molar-refractivity contribution in [1.29, 1.82) is 0 Å². The molecule has 2 rings (SSSR count). The number of carboxylic acid groups (broad SMARTS) is 1. The fourth-order valence-electron chi connectivity index (χ4n) is 1.14. The van der Waals surface area contributed by atoms with Gasteiger partial charge in [0.15, 0.2) is 11.4 Å². The van der Waals surface area contributed by atoms with Crippen molar-refractivity contribution in [3.8, 4) is 0 Å². The summed E-state index contributed by atoms with van der Waals surface area (Å²) in [7, 11) is 0. The highest BCUT2D eigenvalue weighted by molar-refractivity contribution is 5.96. The molecule has 0 bridgehead atoms. The molecule has 3 N–H and O–H groups in total. The molecular formula is C8H6N3O3-. The lowest BCUT2D eigenvalue weighted by molar-refractivity contribution is -0.242. The van der Waals surface area contributed by atoms with E-state index in [1.165, 1.54) is 0 Å². The average molecular weight is 192 g/mol. The summed E-state index contributed by atoms with van der Waals surface area (Å²) in [5.41, 5.74) is 6.49. The van der Waals surface area contributed by atoms with Crippen LogP contribution in [0.15, 0.2) is 22.7 Å². The Morgan fingerprint density at radius 1 is 1.57 bits per heavy atom. The van der Waals surface area contributed by atoms with Gasteiger partial charge in [-0.05, 0) is 18.2 Å². The maximum atomic E-state index is 10.3. The number of rotatable bonds is 1. The van der Waals surface area contributed by atoms with Gasteiger partial charge in [0.1, 0.15) is 6.09 Å². The number of benzene rings is 1. The van der Waals surface area contributed by atoms with Crippen molar-refractivity contribution in [1.82, 2.24) is 5.16 Å². The van der Waals surface area contributed by atoms with Gasteiger partial charge in [-0.25, -0.2) is 0 Å². The lowest BCUT2D eigenvalue weighted by atomic mass is 10.2. The van der Waals surface area contributed by atoms with Gasteiger partial charge < -0.3 is 25.5 Å². The topological polar surface area (TPSA) is 104 Å².